The first-order chi connectivity index (χ1) is 20.5. The number of sulfonamides is 1. The van der Waals surface area contributed by atoms with E-state index in [0.29, 0.717) is 49.9 Å². The van der Waals surface area contributed by atoms with Crippen molar-refractivity contribution in [3.8, 4) is 0 Å². The maximum Gasteiger partial charge on any atom is 0.259 e. The third-order valence-corrected chi connectivity index (χ3v) is 13.1. The topological polar surface area (TPSA) is 162 Å². The summed E-state index contributed by atoms with van der Waals surface area (Å²) in [6, 6.07) is -1.77. The Balaban J connectivity index is 1.53. The number of carbonyl (C=O) groups excluding carboxylic acids is 4. The molecule has 3 unspecified atom stereocenters. The molecule has 0 aromatic carbocycles. The van der Waals surface area contributed by atoms with E-state index < -0.39 is 61.0 Å². The van der Waals surface area contributed by atoms with E-state index in [9.17, 15) is 32.7 Å². The molecule has 4 amide bonds. The molecule has 0 aromatic heterocycles. The number of carbonyl (C=O) groups is 4. The highest BCUT2D eigenvalue weighted by Gasteiger charge is 2.62. The lowest BCUT2D eigenvalue weighted by Gasteiger charge is -2.32. The summed E-state index contributed by atoms with van der Waals surface area (Å²) in [6.45, 7) is 6.82. The van der Waals surface area contributed by atoms with E-state index in [1.165, 1.54) is 23.7 Å². The van der Waals surface area contributed by atoms with Gasteiger partial charge in [-0.05, 0) is 72.1 Å². The van der Waals surface area contributed by atoms with Crippen molar-refractivity contribution in [2.24, 2.45) is 5.92 Å². The first-order valence-corrected chi connectivity index (χ1v) is 18.1. The first kappa shape index (κ1) is 34.5. The zero-order chi connectivity index (χ0) is 32.5. The molecule has 2 heterocycles. The van der Waals surface area contributed by atoms with E-state index in [-0.39, 0.29) is 18.2 Å². The van der Waals surface area contributed by atoms with Crippen LogP contribution in [0.2, 0.25) is 0 Å². The standard InChI is InChI=1S/C31H48N4O7S2/c1-6-12-22-25(36)33-31(28(39)34-44(41,42)30(4)17-18-30)19-20(31)13-10-8-7-9-11-14-21(27(38)35(22)5)32-26(37)23-15-16-24(43-23)29(2,3)40/h10,13,16,20-23,40H,6-9,11-12,14-15,17-19H2,1-5H3,(H,32,37)(H,33,36)(H,34,39)/b13-10-/t20?,21-,22?,23?,31+/m0/s1. The molecule has 0 bridgehead atoms. The number of fused-ring (bicyclic) bond motifs is 1. The van der Waals surface area contributed by atoms with Crippen LogP contribution in [0.25, 0.3) is 0 Å². The van der Waals surface area contributed by atoms with Crippen molar-refractivity contribution in [1.29, 1.82) is 0 Å². The molecule has 0 saturated heterocycles. The fourth-order valence-electron chi connectivity index (χ4n) is 5.83. The average Bonchev–Trinajstić information content (AvgIpc) is 3.80. The van der Waals surface area contributed by atoms with Gasteiger partial charge < -0.3 is 20.6 Å². The summed E-state index contributed by atoms with van der Waals surface area (Å²) in [5.41, 5.74) is -2.47. The smallest absolute Gasteiger partial charge is 0.259 e. The van der Waals surface area contributed by atoms with Crippen molar-refractivity contribution in [2.75, 3.05) is 7.05 Å². The van der Waals surface area contributed by atoms with E-state index in [2.05, 4.69) is 15.4 Å². The lowest BCUT2D eigenvalue weighted by molar-refractivity contribution is -0.143. The highest BCUT2D eigenvalue weighted by molar-refractivity contribution is 8.04. The number of amides is 4. The molecule has 2 aliphatic carbocycles. The Bertz CT molecular complexity index is 1320. The molecule has 2 fully saturated rings. The second kappa shape index (κ2) is 13.2. The molecule has 2 aliphatic heterocycles. The molecule has 0 spiro atoms. The summed E-state index contributed by atoms with van der Waals surface area (Å²) in [5.74, 6) is -2.33. The number of likely N-dealkylation sites (N-methyl/N-ethyl adjacent to an activating group) is 1. The first-order valence-electron chi connectivity index (χ1n) is 15.8. The minimum absolute atomic E-state index is 0.266. The summed E-state index contributed by atoms with van der Waals surface area (Å²) in [5, 5.41) is 15.7. The van der Waals surface area contributed by atoms with Gasteiger partial charge in [-0.3, -0.25) is 23.9 Å². The van der Waals surface area contributed by atoms with Gasteiger partial charge in [-0.1, -0.05) is 44.4 Å². The Kier molecular flexibility index (Phi) is 10.3. The molecule has 11 nitrogen and oxygen atoms in total. The molecule has 4 rings (SSSR count). The second-order valence-electron chi connectivity index (χ2n) is 13.5. The van der Waals surface area contributed by atoms with Crippen LogP contribution in [-0.4, -0.2) is 82.3 Å². The van der Waals surface area contributed by atoms with Gasteiger partial charge in [0.05, 0.1) is 15.6 Å². The predicted octanol–water partition coefficient (Wildman–Crippen LogP) is 2.65. The molecular formula is C31H48N4O7S2. The van der Waals surface area contributed by atoms with E-state index in [0.717, 1.165) is 19.3 Å². The van der Waals surface area contributed by atoms with Crippen LogP contribution in [-0.2, 0) is 29.2 Å². The van der Waals surface area contributed by atoms with Gasteiger partial charge in [-0.15, -0.1) is 11.8 Å². The zero-order valence-electron chi connectivity index (χ0n) is 26.5. The van der Waals surface area contributed by atoms with E-state index in [1.807, 2.05) is 25.2 Å². The quantitative estimate of drug-likeness (QED) is 0.291. The van der Waals surface area contributed by atoms with Crippen molar-refractivity contribution in [3.05, 3.63) is 23.1 Å². The van der Waals surface area contributed by atoms with Gasteiger partial charge in [0, 0.05) is 17.9 Å². The monoisotopic (exact) mass is 652 g/mol. The van der Waals surface area contributed by atoms with E-state index >= 15 is 0 Å². The number of thioether (sulfide) groups is 1. The van der Waals surface area contributed by atoms with Crippen LogP contribution in [0.15, 0.2) is 23.1 Å². The van der Waals surface area contributed by atoms with Crippen LogP contribution < -0.4 is 15.4 Å². The van der Waals surface area contributed by atoms with Crippen molar-refractivity contribution in [3.63, 3.8) is 0 Å². The SMILES string of the molecule is CCCC1C(=O)N[C@]2(C(=O)NS(=O)(=O)C3(C)CC3)CC2/C=C\CCCCC[C@H](NC(=O)C2CC=C(C(C)(C)O)S2)C(=O)N1C. The summed E-state index contributed by atoms with van der Waals surface area (Å²) in [6.07, 6.45) is 11.7. The van der Waals surface area contributed by atoms with Crippen molar-refractivity contribution in [1.82, 2.24) is 20.3 Å². The van der Waals surface area contributed by atoms with Gasteiger partial charge in [0.1, 0.15) is 17.6 Å². The largest absolute Gasteiger partial charge is 0.385 e. The second-order valence-corrected chi connectivity index (χ2v) is 16.9. The normalized spacial score (nSPS) is 31.9. The highest BCUT2D eigenvalue weighted by Crippen LogP contribution is 2.47. The molecule has 246 valence electrons. The van der Waals surface area contributed by atoms with Crippen LogP contribution in [0.3, 0.4) is 0 Å². The maximum absolute atomic E-state index is 13.9. The third-order valence-electron chi connectivity index (χ3n) is 9.30. The third kappa shape index (κ3) is 7.52. The maximum atomic E-state index is 13.9. The summed E-state index contributed by atoms with van der Waals surface area (Å²) < 4.78 is 27.0. The molecule has 13 heteroatoms. The number of nitrogens with zero attached hydrogens (tertiary/aromatic N) is 1. The number of nitrogens with one attached hydrogen (secondary N) is 3. The summed E-state index contributed by atoms with van der Waals surface area (Å²) in [7, 11) is -2.38. The Labute approximate surface area is 265 Å². The van der Waals surface area contributed by atoms with Crippen LogP contribution in [0.1, 0.15) is 98.3 Å². The number of hydrogen-bond acceptors (Lipinski definition) is 8. The van der Waals surface area contributed by atoms with Crippen LogP contribution >= 0.6 is 11.8 Å². The van der Waals surface area contributed by atoms with Crippen LogP contribution in [0, 0.1) is 5.92 Å². The minimum Gasteiger partial charge on any atom is -0.385 e. The number of aliphatic hydroxyl groups is 1. The minimum atomic E-state index is -3.91. The van der Waals surface area contributed by atoms with Crippen molar-refractivity contribution in [2.45, 2.75) is 132 Å². The average molecular weight is 653 g/mol. The molecule has 0 aromatic rings. The van der Waals surface area contributed by atoms with Crippen LogP contribution in [0.4, 0.5) is 0 Å². The highest BCUT2D eigenvalue weighted by atomic mass is 32.2. The summed E-state index contributed by atoms with van der Waals surface area (Å²) >= 11 is 1.29. The number of rotatable bonds is 8. The fourth-order valence-corrected chi connectivity index (χ4v) is 8.29. The van der Waals surface area contributed by atoms with Gasteiger partial charge in [0.2, 0.25) is 27.7 Å². The molecule has 4 aliphatic rings. The molecule has 0 radical (unpaired) electrons. The molecular weight excluding hydrogens is 604 g/mol. The number of hydrogen-bond donors (Lipinski definition) is 4. The van der Waals surface area contributed by atoms with Crippen molar-refractivity contribution < 1.29 is 32.7 Å². The van der Waals surface area contributed by atoms with E-state index in [1.54, 1.807) is 20.8 Å². The Hall–Kier alpha value is -2.38. The predicted molar refractivity (Wildman–Crippen MR) is 170 cm³/mol. The van der Waals surface area contributed by atoms with E-state index in [4.69, 9.17) is 0 Å². The molecule has 5 atom stereocenters. The Morgan fingerprint density at radius 1 is 1.20 bits per heavy atom. The molecule has 44 heavy (non-hydrogen) atoms. The Morgan fingerprint density at radius 3 is 2.52 bits per heavy atom. The number of allylic oxidation sites excluding steroid dienone is 2. The summed E-state index contributed by atoms with van der Waals surface area (Å²) in [4.78, 5) is 56.6. The molecule has 2 saturated carbocycles. The zero-order valence-corrected chi connectivity index (χ0v) is 28.1. The van der Waals surface area contributed by atoms with Gasteiger partial charge >= 0.3 is 0 Å². The van der Waals surface area contributed by atoms with Gasteiger partial charge in [0.15, 0.2) is 0 Å². The van der Waals surface area contributed by atoms with Crippen LogP contribution in [0.5, 0.6) is 0 Å². The lowest BCUT2D eigenvalue weighted by atomic mass is 10.0. The molecule has 4 N–H and O–H groups in total. The Morgan fingerprint density at radius 2 is 1.91 bits per heavy atom. The fraction of sp³-hybridized carbons (Fsp3) is 0.742. The van der Waals surface area contributed by atoms with Gasteiger partial charge in [-0.2, -0.15) is 0 Å². The van der Waals surface area contributed by atoms with Gasteiger partial charge in [-0.25, -0.2) is 8.42 Å². The van der Waals surface area contributed by atoms with Gasteiger partial charge in [0.25, 0.3) is 5.91 Å². The lowest BCUT2D eigenvalue weighted by Crippen LogP contribution is -2.59. The van der Waals surface area contributed by atoms with Crippen molar-refractivity contribution >= 4 is 45.4 Å².